The Bertz CT molecular complexity index is 874. The second kappa shape index (κ2) is 7.21. The molecular weight excluding hydrogens is 377 g/mol. The van der Waals surface area contributed by atoms with Crippen molar-refractivity contribution in [1.29, 1.82) is 0 Å². The molecule has 2 aromatic rings. The molecular formula is C19H21F3N2O4. The Kier molecular flexibility index (Phi) is 5.24. The average Bonchev–Trinajstić information content (AvgIpc) is 3.16. The van der Waals surface area contributed by atoms with Crippen LogP contribution >= 0.6 is 0 Å². The van der Waals surface area contributed by atoms with Gasteiger partial charge in [0.15, 0.2) is 0 Å². The first-order chi connectivity index (χ1) is 13.0. The summed E-state index contributed by atoms with van der Waals surface area (Å²) < 4.78 is 43.3. The van der Waals surface area contributed by atoms with Crippen LogP contribution in [-0.4, -0.2) is 41.1 Å². The number of aliphatic carboxylic acids is 1. The highest BCUT2D eigenvalue weighted by Gasteiger charge is 2.45. The van der Waals surface area contributed by atoms with Crippen molar-refractivity contribution in [1.82, 2.24) is 10.5 Å². The molecule has 1 aromatic carbocycles. The van der Waals surface area contributed by atoms with Crippen molar-refractivity contribution in [2.24, 2.45) is 0 Å². The Labute approximate surface area is 159 Å². The number of halogens is 3. The van der Waals surface area contributed by atoms with Crippen LogP contribution in [0.1, 0.15) is 35.4 Å². The third-order valence-corrected chi connectivity index (χ3v) is 5.24. The van der Waals surface area contributed by atoms with Crippen LogP contribution in [0.3, 0.4) is 0 Å². The zero-order valence-electron chi connectivity index (χ0n) is 15.7. The van der Waals surface area contributed by atoms with Gasteiger partial charge < -0.3 is 19.7 Å². The highest BCUT2D eigenvalue weighted by atomic mass is 19.4. The van der Waals surface area contributed by atoms with Crippen LogP contribution < -0.4 is 5.32 Å². The molecule has 0 amide bonds. The molecule has 28 heavy (non-hydrogen) atoms. The summed E-state index contributed by atoms with van der Waals surface area (Å²) in [4.78, 5) is 8.90. The van der Waals surface area contributed by atoms with E-state index >= 15 is 0 Å². The lowest BCUT2D eigenvalue weighted by Crippen LogP contribution is -2.39. The fraction of sp³-hybridized carbons (Fsp3) is 0.474. The zero-order valence-corrected chi connectivity index (χ0v) is 15.7. The van der Waals surface area contributed by atoms with E-state index in [0.717, 1.165) is 30.1 Å². The van der Waals surface area contributed by atoms with Crippen LogP contribution in [0.2, 0.25) is 0 Å². The van der Waals surface area contributed by atoms with Gasteiger partial charge in [0.1, 0.15) is 5.76 Å². The molecule has 4 rings (SSSR count). The first-order valence-electron chi connectivity index (χ1n) is 8.74. The van der Waals surface area contributed by atoms with Crippen LogP contribution in [0.4, 0.5) is 13.2 Å². The summed E-state index contributed by atoms with van der Waals surface area (Å²) in [5.41, 5.74) is 5.88. The number of carboxylic acids is 1. The van der Waals surface area contributed by atoms with Crippen molar-refractivity contribution in [2.45, 2.75) is 45.1 Å². The lowest BCUT2D eigenvalue weighted by molar-refractivity contribution is -0.192. The molecule has 1 aromatic heterocycles. The molecule has 9 heteroatoms. The fourth-order valence-corrected chi connectivity index (χ4v) is 3.83. The Morgan fingerprint density at radius 2 is 2.04 bits per heavy atom. The third-order valence-electron chi connectivity index (χ3n) is 5.24. The lowest BCUT2D eigenvalue weighted by atomic mass is 9.79. The monoisotopic (exact) mass is 398 g/mol. The van der Waals surface area contributed by atoms with Gasteiger partial charge in [0.2, 0.25) is 0 Å². The van der Waals surface area contributed by atoms with Gasteiger partial charge in [-0.15, -0.1) is 0 Å². The van der Waals surface area contributed by atoms with E-state index in [4.69, 9.17) is 19.2 Å². The standard InChI is InChI=1S/C17H20N2O2.C2HF3O2/c1-10-16(11(2)21-19-10)13-6-4-5-12-14(13)8-20-17(3)9-18-7-15(12)17;3-2(4,5)1(6)7/h4-6,15,18H,7-9H2,1-3H3;(H,6,7)/t15-,17-;/m0./s1. The molecule has 2 aliphatic rings. The summed E-state index contributed by atoms with van der Waals surface area (Å²) in [6.07, 6.45) is -5.08. The molecule has 2 N–H and O–H groups in total. The van der Waals surface area contributed by atoms with Crippen molar-refractivity contribution in [3.8, 4) is 11.1 Å². The first kappa shape index (κ1) is 20.3. The number of rotatable bonds is 1. The van der Waals surface area contributed by atoms with E-state index in [0.29, 0.717) is 12.5 Å². The Morgan fingerprint density at radius 1 is 1.36 bits per heavy atom. The van der Waals surface area contributed by atoms with Gasteiger partial charge in [-0.3, -0.25) is 0 Å². The molecule has 0 radical (unpaired) electrons. The third kappa shape index (κ3) is 3.64. The van der Waals surface area contributed by atoms with Crippen LogP contribution in [0.15, 0.2) is 22.7 Å². The Hall–Kier alpha value is -2.39. The number of hydrogen-bond acceptors (Lipinski definition) is 5. The molecule has 1 fully saturated rings. The van der Waals surface area contributed by atoms with E-state index in [1.54, 1.807) is 0 Å². The summed E-state index contributed by atoms with van der Waals surface area (Å²) in [6, 6.07) is 6.54. The van der Waals surface area contributed by atoms with Gasteiger partial charge in [-0.05, 0) is 37.5 Å². The van der Waals surface area contributed by atoms with E-state index < -0.39 is 12.1 Å². The normalized spacial score (nSPS) is 23.4. The van der Waals surface area contributed by atoms with Gasteiger partial charge in [0.25, 0.3) is 0 Å². The predicted octanol–water partition coefficient (Wildman–Crippen LogP) is 3.57. The first-order valence-corrected chi connectivity index (χ1v) is 8.74. The number of carboxylic acid groups (broad SMARTS) is 1. The number of ether oxygens (including phenoxy) is 1. The van der Waals surface area contributed by atoms with Crippen LogP contribution in [0, 0.1) is 13.8 Å². The van der Waals surface area contributed by atoms with Crippen molar-refractivity contribution >= 4 is 5.97 Å². The van der Waals surface area contributed by atoms with E-state index in [1.165, 1.54) is 16.7 Å². The van der Waals surface area contributed by atoms with Gasteiger partial charge in [-0.1, -0.05) is 23.4 Å². The Morgan fingerprint density at radius 3 is 2.61 bits per heavy atom. The van der Waals surface area contributed by atoms with E-state index in [2.05, 4.69) is 35.6 Å². The van der Waals surface area contributed by atoms with Crippen molar-refractivity contribution < 1.29 is 32.3 Å². The highest BCUT2D eigenvalue weighted by Crippen LogP contribution is 2.44. The number of aryl methyl sites for hydroxylation is 2. The number of benzene rings is 1. The van der Waals surface area contributed by atoms with E-state index in [-0.39, 0.29) is 5.60 Å². The minimum absolute atomic E-state index is 0.0790. The molecule has 2 aliphatic heterocycles. The fourth-order valence-electron chi connectivity index (χ4n) is 3.83. The molecule has 3 heterocycles. The number of nitrogens with one attached hydrogen (secondary N) is 1. The summed E-state index contributed by atoms with van der Waals surface area (Å²) in [5, 5.41) is 14.7. The molecule has 152 valence electrons. The topological polar surface area (TPSA) is 84.6 Å². The molecule has 0 saturated carbocycles. The maximum absolute atomic E-state index is 10.6. The van der Waals surface area contributed by atoms with Gasteiger partial charge >= 0.3 is 12.1 Å². The largest absolute Gasteiger partial charge is 0.490 e. The number of hydrogen-bond donors (Lipinski definition) is 2. The zero-order chi connectivity index (χ0) is 20.7. The average molecular weight is 398 g/mol. The van der Waals surface area contributed by atoms with Gasteiger partial charge in [-0.2, -0.15) is 13.2 Å². The summed E-state index contributed by atoms with van der Waals surface area (Å²) >= 11 is 0. The van der Waals surface area contributed by atoms with Crippen LogP contribution in [0.25, 0.3) is 11.1 Å². The minimum atomic E-state index is -5.08. The molecule has 0 aliphatic carbocycles. The predicted molar refractivity (Wildman–Crippen MR) is 93.9 cm³/mol. The number of fused-ring (bicyclic) bond motifs is 3. The summed E-state index contributed by atoms with van der Waals surface area (Å²) in [5.74, 6) is -1.46. The molecule has 2 atom stereocenters. The number of carbonyl (C=O) groups is 1. The summed E-state index contributed by atoms with van der Waals surface area (Å²) in [6.45, 7) is 8.74. The number of nitrogens with zero attached hydrogens (tertiary/aromatic N) is 1. The van der Waals surface area contributed by atoms with Gasteiger partial charge in [0, 0.05) is 24.6 Å². The van der Waals surface area contributed by atoms with Crippen molar-refractivity contribution in [3.05, 3.63) is 40.8 Å². The second-order valence-electron chi connectivity index (χ2n) is 7.16. The maximum atomic E-state index is 10.6. The molecule has 6 nitrogen and oxygen atoms in total. The quantitative estimate of drug-likeness (QED) is 0.764. The highest BCUT2D eigenvalue weighted by molar-refractivity contribution is 5.73. The van der Waals surface area contributed by atoms with Crippen LogP contribution in [0.5, 0.6) is 0 Å². The molecule has 0 unspecified atom stereocenters. The van der Waals surface area contributed by atoms with Crippen molar-refractivity contribution in [3.63, 3.8) is 0 Å². The number of aromatic nitrogens is 1. The maximum Gasteiger partial charge on any atom is 0.490 e. The van der Waals surface area contributed by atoms with Crippen LogP contribution in [-0.2, 0) is 16.1 Å². The second-order valence-corrected chi connectivity index (χ2v) is 7.16. The molecule has 0 bridgehead atoms. The van der Waals surface area contributed by atoms with Gasteiger partial charge in [-0.25, -0.2) is 4.79 Å². The lowest BCUT2D eigenvalue weighted by Gasteiger charge is -2.37. The Balaban J connectivity index is 0.000000279. The SMILES string of the molecule is Cc1noc(C)c1-c1cccc2c1CO[C@@]1(C)CNC[C@@H]21.O=C(O)C(F)(F)F. The minimum Gasteiger partial charge on any atom is -0.475 e. The molecule has 1 saturated heterocycles. The number of alkyl halides is 3. The smallest absolute Gasteiger partial charge is 0.475 e. The molecule has 0 spiro atoms. The van der Waals surface area contributed by atoms with Gasteiger partial charge in [0.05, 0.1) is 17.9 Å². The summed E-state index contributed by atoms with van der Waals surface area (Å²) in [7, 11) is 0. The van der Waals surface area contributed by atoms with E-state index in [9.17, 15) is 13.2 Å². The van der Waals surface area contributed by atoms with E-state index in [1.807, 2.05) is 13.8 Å². The van der Waals surface area contributed by atoms with Crippen molar-refractivity contribution in [2.75, 3.05) is 13.1 Å².